The van der Waals surface area contributed by atoms with Crippen LogP contribution in [0.15, 0.2) is 23.1 Å². The van der Waals surface area contributed by atoms with Gasteiger partial charge >= 0.3 is 0 Å². The molecule has 1 heterocycles. The van der Waals surface area contributed by atoms with E-state index in [0.29, 0.717) is 17.0 Å². The van der Waals surface area contributed by atoms with Crippen LogP contribution in [0.2, 0.25) is 0 Å². The number of benzene rings is 1. The lowest BCUT2D eigenvalue weighted by atomic mass is 10.1. The van der Waals surface area contributed by atoms with E-state index >= 15 is 0 Å². The Bertz CT molecular complexity index is 429. The minimum absolute atomic E-state index is 0.0206. The van der Waals surface area contributed by atoms with Gasteiger partial charge in [0.2, 0.25) is 0 Å². The SMILES string of the molecule is CC.CN1Cc2ccc(S(C)=O)cc2C1=O. The Labute approximate surface area is 98.9 Å². The number of nitrogens with zero attached hydrogens (tertiary/aromatic N) is 1. The normalized spacial score (nSPS) is 15.2. The van der Waals surface area contributed by atoms with Crippen molar-refractivity contribution in [2.24, 2.45) is 0 Å². The van der Waals surface area contributed by atoms with Gasteiger partial charge in [0.05, 0.1) is 0 Å². The Morgan fingerprint density at radius 2 is 1.94 bits per heavy atom. The standard InChI is InChI=1S/C10H11NO2S.C2H6/c1-11-6-7-3-4-8(14(2)13)5-9(7)10(11)12;1-2/h3-5H,6H2,1-2H3;1-2H3. The first-order valence-corrected chi connectivity index (χ1v) is 6.87. The van der Waals surface area contributed by atoms with Gasteiger partial charge in [-0.05, 0) is 17.7 Å². The van der Waals surface area contributed by atoms with Crippen molar-refractivity contribution in [1.29, 1.82) is 0 Å². The Hall–Kier alpha value is -1.16. The lowest BCUT2D eigenvalue weighted by Crippen LogP contribution is -2.17. The molecule has 0 fully saturated rings. The summed E-state index contributed by atoms with van der Waals surface area (Å²) in [5.74, 6) is 0.0206. The average Bonchev–Trinajstić information content (AvgIpc) is 2.57. The van der Waals surface area contributed by atoms with Crippen LogP contribution in [-0.2, 0) is 17.3 Å². The molecule has 88 valence electrons. The molecule has 0 saturated heterocycles. The van der Waals surface area contributed by atoms with Gasteiger partial charge < -0.3 is 4.90 Å². The third-order valence-corrected chi connectivity index (χ3v) is 3.32. The maximum atomic E-state index is 11.6. The maximum absolute atomic E-state index is 11.6. The van der Waals surface area contributed by atoms with Gasteiger partial charge in [-0.2, -0.15) is 0 Å². The fraction of sp³-hybridized carbons (Fsp3) is 0.417. The van der Waals surface area contributed by atoms with Crippen molar-refractivity contribution in [3.63, 3.8) is 0 Å². The van der Waals surface area contributed by atoms with Crippen molar-refractivity contribution < 1.29 is 9.00 Å². The Balaban J connectivity index is 0.000000606. The van der Waals surface area contributed by atoms with E-state index in [2.05, 4.69) is 0 Å². The molecule has 1 aromatic carbocycles. The molecule has 1 aromatic rings. The molecule has 16 heavy (non-hydrogen) atoms. The molecule has 0 aromatic heterocycles. The van der Waals surface area contributed by atoms with E-state index in [0.717, 1.165) is 5.56 Å². The molecule has 4 heteroatoms. The zero-order valence-corrected chi connectivity index (χ0v) is 10.9. The summed E-state index contributed by atoms with van der Waals surface area (Å²) in [6.07, 6.45) is 1.62. The summed E-state index contributed by atoms with van der Waals surface area (Å²) in [6, 6.07) is 5.44. The van der Waals surface area contributed by atoms with E-state index in [1.165, 1.54) is 0 Å². The molecule has 1 atom stereocenters. The second-order valence-corrected chi connectivity index (χ2v) is 4.81. The largest absolute Gasteiger partial charge is 0.337 e. The van der Waals surface area contributed by atoms with E-state index in [1.807, 2.05) is 26.0 Å². The molecule has 2 rings (SSSR count). The predicted octanol–water partition coefficient (Wildman–Crippen LogP) is 2.04. The summed E-state index contributed by atoms with van der Waals surface area (Å²) in [7, 11) is 0.751. The highest BCUT2D eigenvalue weighted by atomic mass is 32.2. The second kappa shape index (κ2) is 5.25. The lowest BCUT2D eigenvalue weighted by molar-refractivity contribution is 0.0816. The van der Waals surface area contributed by atoms with Crippen LogP contribution in [-0.4, -0.2) is 28.3 Å². The summed E-state index contributed by atoms with van der Waals surface area (Å²) in [6.45, 7) is 4.66. The number of rotatable bonds is 1. The number of hydrogen-bond donors (Lipinski definition) is 0. The summed E-state index contributed by atoms with van der Waals surface area (Å²) in [4.78, 5) is 14.0. The average molecular weight is 239 g/mol. The van der Waals surface area contributed by atoms with E-state index in [4.69, 9.17) is 0 Å². The van der Waals surface area contributed by atoms with Crippen LogP contribution in [0.3, 0.4) is 0 Å². The zero-order valence-electron chi connectivity index (χ0n) is 10.1. The van der Waals surface area contributed by atoms with Crippen LogP contribution in [0, 0.1) is 0 Å². The van der Waals surface area contributed by atoms with Crippen molar-refractivity contribution in [2.45, 2.75) is 25.3 Å². The number of amides is 1. The summed E-state index contributed by atoms with van der Waals surface area (Å²) < 4.78 is 11.2. The molecular formula is C12H17NO2S. The van der Waals surface area contributed by atoms with Crippen LogP contribution in [0.4, 0.5) is 0 Å². The predicted molar refractivity (Wildman–Crippen MR) is 65.9 cm³/mol. The number of hydrogen-bond acceptors (Lipinski definition) is 2. The highest BCUT2D eigenvalue weighted by molar-refractivity contribution is 7.84. The van der Waals surface area contributed by atoms with Crippen LogP contribution in [0.1, 0.15) is 29.8 Å². The molecule has 3 nitrogen and oxygen atoms in total. The first-order valence-electron chi connectivity index (χ1n) is 5.31. The fourth-order valence-electron chi connectivity index (χ4n) is 1.60. The van der Waals surface area contributed by atoms with E-state index in [1.54, 1.807) is 24.3 Å². The molecule has 0 saturated carbocycles. The summed E-state index contributed by atoms with van der Waals surface area (Å²) in [5, 5.41) is 0. The van der Waals surface area contributed by atoms with E-state index in [9.17, 15) is 9.00 Å². The highest BCUT2D eigenvalue weighted by Gasteiger charge is 2.24. The van der Waals surface area contributed by atoms with Crippen LogP contribution >= 0.6 is 0 Å². The van der Waals surface area contributed by atoms with Gasteiger partial charge in [-0.15, -0.1) is 0 Å². The van der Waals surface area contributed by atoms with Gasteiger partial charge in [-0.25, -0.2) is 0 Å². The van der Waals surface area contributed by atoms with Crippen LogP contribution in [0.5, 0.6) is 0 Å². The molecule has 0 radical (unpaired) electrons. The molecular weight excluding hydrogens is 222 g/mol. The van der Waals surface area contributed by atoms with Gasteiger partial charge in [0.1, 0.15) is 0 Å². The van der Waals surface area contributed by atoms with Gasteiger partial charge in [-0.3, -0.25) is 9.00 Å². The number of fused-ring (bicyclic) bond motifs is 1. The summed E-state index contributed by atoms with van der Waals surface area (Å²) in [5.41, 5.74) is 1.71. The first kappa shape index (κ1) is 12.9. The number of carbonyl (C=O) groups is 1. The molecule has 0 spiro atoms. The quantitative estimate of drug-likeness (QED) is 0.752. The topological polar surface area (TPSA) is 37.4 Å². The molecule has 0 N–H and O–H groups in total. The maximum Gasteiger partial charge on any atom is 0.254 e. The van der Waals surface area contributed by atoms with Crippen LogP contribution in [0.25, 0.3) is 0 Å². The third kappa shape index (κ3) is 2.32. The minimum Gasteiger partial charge on any atom is -0.337 e. The lowest BCUT2D eigenvalue weighted by Gasteiger charge is -2.04. The second-order valence-electron chi connectivity index (χ2n) is 3.43. The highest BCUT2D eigenvalue weighted by Crippen LogP contribution is 2.23. The molecule has 1 aliphatic rings. The Morgan fingerprint density at radius 1 is 1.31 bits per heavy atom. The first-order chi connectivity index (χ1) is 7.59. The van der Waals surface area contributed by atoms with Crippen molar-refractivity contribution in [1.82, 2.24) is 4.90 Å². The van der Waals surface area contributed by atoms with E-state index < -0.39 is 10.8 Å². The van der Waals surface area contributed by atoms with Gasteiger partial charge in [0.25, 0.3) is 5.91 Å². The van der Waals surface area contributed by atoms with Crippen molar-refractivity contribution in [2.75, 3.05) is 13.3 Å². The minimum atomic E-state index is -1.02. The van der Waals surface area contributed by atoms with E-state index in [-0.39, 0.29) is 5.91 Å². The van der Waals surface area contributed by atoms with Crippen molar-refractivity contribution in [3.05, 3.63) is 29.3 Å². The third-order valence-electron chi connectivity index (χ3n) is 2.40. The molecule has 0 bridgehead atoms. The van der Waals surface area contributed by atoms with Gasteiger partial charge in [0.15, 0.2) is 0 Å². The monoisotopic (exact) mass is 239 g/mol. The molecule has 0 aliphatic carbocycles. The molecule has 1 unspecified atom stereocenters. The molecule has 1 aliphatic heterocycles. The van der Waals surface area contributed by atoms with Gasteiger partial charge in [0, 0.05) is 41.1 Å². The smallest absolute Gasteiger partial charge is 0.254 e. The molecule has 1 amide bonds. The van der Waals surface area contributed by atoms with Crippen molar-refractivity contribution >= 4 is 16.7 Å². The number of carbonyl (C=O) groups excluding carboxylic acids is 1. The van der Waals surface area contributed by atoms with Crippen LogP contribution < -0.4 is 0 Å². The Morgan fingerprint density at radius 3 is 2.50 bits per heavy atom. The fourth-order valence-corrected chi connectivity index (χ4v) is 2.15. The van der Waals surface area contributed by atoms with Gasteiger partial charge in [-0.1, -0.05) is 19.9 Å². The zero-order chi connectivity index (χ0) is 12.3. The van der Waals surface area contributed by atoms with Crippen molar-refractivity contribution in [3.8, 4) is 0 Å². The summed E-state index contributed by atoms with van der Waals surface area (Å²) >= 11 is 0. The Kier molecular flexibility index (Phi) is 4.24.